The zero-order valence-electron chi connectivity index (χ0n) is 10.3. The number of rotatable bonds is 7. The van der Waals surface area contributed by atoms with Gasteiger partial charge in [0.25, 0.3) is 0 Å². The maximum atomic E-state index is 5.72. The topological polar surface area (TPSA) is 24.5 Å². The van der Waals surface area contributed by atoms with Crippen LogP contribution >= 0.6 is 0 Å². The molecule has 1 unspecified atom stereocenters. The third-order valence-electron chi connectivity index (χ3n) is 2.93. The third-order valence-corrected chi connectivity index (χ3v) is 2.93. The summed E-state index contributed by atoms with van der Waals surface area (Å²) in [6, 6.07) is 0. The molecule has 1 rings (SSSR count). The molecule has 0 bridgehead atoms. The summed E-state index contributed by atoms with van der Waals surface area (Å²) in [6.45, 7) is 7.61. The third kappa shape index (κ3) is 6.13. The molecule has 0 aromatic rings. The van der Waals surface area contributed by atoms with Gasteiger partial charge in [0.05, 0.1) is 6.10 Å². The van der Waals surface area contributed by atoms with Crippen molar-refractivity contribution < 1.29 is 4.74 Å². The van der Waals surface area contributed by atoms with E-state index in [0.29, 0.717) is 6.10 Å². The van der Waals surface area contributed by atoms with Crippen LogP contribution in [0.4, 0.5) is 0 Å². The van der Waals surface area contributed by atoms with Crippen molar-refractivity contribution in [1.82, 2.24) is 10.2 Å². The number of hydrogen-bond donors (Lipinski definition) is 1. The molecule has 0 radical (unpaired) electrons. The first-order chi connectivity index (χ1) is 7.33. The molecule has 1 atom stereocenters. The normalized spacial score (nSPS) is 22.2. The van der Waals surface area contributed by atoms with Gasteiger partial charge in [-0.2, -0.15) is 0 Å². The van der Waals surface area contributed by atoms with Crippen molar-refractivity contribution in [2.75, 3.05) is 39.8 Å². The molecule has 15 heavy (non-hydrogen) atoms. The smallest absolute Gasteiger partial charge is 0.0701 e. The standard InChI is InChI=1S/C12H26N2O/c1-3-13-8-6-9-14(2)11-12-7-4-5-10-15-12/h12-13H,3-11H2,1-2H3. The van der Waals surface area contributed by atoms with Crippen LogP contribution in [0.2, 0.25) is 0 Å². The second-order valence-electron chi connectivity index (χ2n) is 4.46. The molecule has 1 saturated heterocycles. The average molecular weight is 214 g/mol. The van der Waals surface area contributed by atoms with Gasteiger partial charge in [0.1, 0.15) is 0 Å². The number of nitrogens with zero attached hydrogens (tertiary/aromatic N) is 1. The zero-order chi connectivity index (χ0) is 10.9. The average Bonchev–Trinajstić information content (AvgIpc) is 2.26. The summed E-state index contributed by atoms with van der Waals surface area (Å²) < 4.78 is 5.72. The minimum atomic E-state index is 0.489. The highest BCUT2D eigenvalue weighted by atomic mass is 16.5. The summed E-state index contributed by atoms with van der Waals surface area (Å²) in [6.07, 6.45) is 5.56. The lowest BCUT2D eigenvalue weighted by atomic mass is 10.1. The van der Waals surface area contributed by atoms with E-state index in [4.69, 9.17) is 4.74 Å². The predicted molar refractivity (Wildman–Crippen MR) is 64.2 cm³/mol. The molecule has 0 aromatic heterocycles. The van der Waals surface area contributed by atoms with E-state index in [-0.39, 0.29) is 0 Å². The van der Waals surface area contributed by atoms with Crippen LogP contribution in [0.15, 0.2) is 0 Å². The summed E-state index contributed by atoms with van der Waals surface area (Å²) >= 11 is 0. The Bertz CT molecular complexity index is 147. The van der Waals surface area contributed by atoms with Crippen LogP contribution in [0.25, 0.3) is 0 Å². The highest BCUT2D eigenvalue weighted by Gasteiger charge is 2.15. The number of likely N-dealkylation sites (N-methyl/N-ethyl adjacent to an activating group) is 1. The first kappa shape index (κ1) is 12.9. The van der Waals surface area contributed by atoms with Gasteiger partial charge in [-0.05, 0) is 52.4 Å². The molecule has 0 spiro atoms. The lowest BCUT2D eigenvalue weighted by Crippen LogP contribution is -2.34. The molecule has 0 aliphatic carbocycles. The monoisotopic (exact) mass is 214 g/mol. The van der Waals surface area contributed by atoms with Gasteiger partial charge in [-0.25, -0.2) is 0 Å². The second kappa shape index (κ2) is 8.08. The van der Waals surface area contributed by atoms with E-state index >= 15 is 0 Å². The van der Waals surface area contributed by atoms with Gasteiger partial charge < -0.3 is 15.0 Å². The Labute approximate surface area is 94.2 Å². The highest BCUT2D eigenvalue weighted by molar-refractivity contribution is 4.67. The van der Waals surface area contributed by atoms with E-state index in [1.807, 2.05) is 0 Å². The number of hydrogen-bond acceptors (Lipinski definition) is 3. The Morgan fingerprint density at radius 3 is 2.93 bits per heavy atom. The lowest BCUT2D eigenvalue weighted by molar-refractivity contribution is -0.00151. The van der Waals surface area contributed by atoms with Crippen molar-refractivity contribution in [2.45, 2.75) is 38.7 Å². The quantitative estimate of drug-likeness (QED) is 0.650. The fourth-order valence-electron chi connectivity index (χ4n) is 2.04. The lowest BCUT2D eigenvalue weighted by Gasteiger charge is -2.27. The summed E-state index contributed by atoms with van der Waals surface area (Å²) in [4.78, 5) is 2.40. The molecule has 0 saturated carbocycles. The van der Waals surface area contributed by atoms with E-state index in [1.54, 1.807) is 0 Å². The Balaban J connectivity index is 1.98. The van der Waals surface area contributed by atoms with Gasteiger partial charge in [0.2, 0.25) is 0 Å². The Kier molecular flexibility index (Phi) is 6.98. The summed E-state index contributed by atoms with van der Waals surface area (Å²) in [7, 11) is 2.20. The highest BCUT2D eigenvalue weighted by Crippen LogP contribution is 2.13. The molecule has 1 heterocycles. The van der Waals surface area contributed by atoms with Gasteiger partial charge in [-0.1, -0.05) is 6.92 Å². The van der Waals surface area contributed by atoms with E-state index in [1.165, 1.54) is 32.2 Å². The Hall–Kier alpha value is -0.120. The molecule has 1 aliphatic heterocycles. The molecule has 1 aliphatic rings. The maximum absolute atomic E-state index is 5.72. The van der Waals surface area contributed by atoms with Crippen LogP contribution in [0.1, 0.15) is 32.6 Å². The van der Waals surface area contributed by atoms with E-state index in [2.05, 4.69) is 24.2 Å². The number of nitrogens with one attached hydrogen (secondary N) is 1. The molecule has 1 fully saturated rings. The van der Waals surface area contributed by atoms with Gasteiger partial charge >= 0.3 is 0 Å². The molecular formula is C12H26N2O. The first-order valence-corrected chi connectivity index (χ1v) is 6.33. The fraction of sp³-hybridized carbons (Fsp3) is 1.00. The molecule has 0 aromatic carbocycles. The van der Waals surface area contributed by atoms with Crippen molar-refractivity contribution >= 4 is 0 Å². The van der Waals surface area contributed by atoms with Crippen molar-refractivity contribution in [3.8, 4) is 0 Å². The van der Waals surface area contributed by atoms with Crippen molar-refractivity contribution in [3.05, 3.63) is 0 Å². The van der Waals surface area contributed by atoms with Crippen LogP contribution < -0.4 is 5.32 Å². The van der Waals surface area contributed by atoms with Gasteiger partial charge in [-0.15, -0.1) is 0 Å². The molecular weight excluding hydrogens is 188 g/mol. The van der Waals surface area contributed by atoms with Crippen LogP contribution in [-0.4, -0.2) is 50.8 Å². The van der Waals surface area contributed by atoms with Crippen LogP contribution in [-0.2, 0) is 4.74 Å². The van der Waals surface area contributed by atoms with E-state index in [9.17, 15) is 0 Å². The second-order valence-corrected chi connectivity index (χ2v) is 4.46. The zero-order valence-corrected chi connectivity index (χ0v) is 10.3. The molecule has 1 N–H and O–H groups in total. The van der Waals surface area contributed by atoms with Crippen molar-refractivity contribution in [3.63, 3.8) is 0 Å². The SMILES string of the molecule is CCNCCCN(C)CC1CCCCO1. The minimum Gasteiger partial charge on any atom is -0.377 e. The van der Waals surface area contributed by atoms with Crippen LogP contribution in [0.3, 0.4) is 0 Å². The van der Waals surface area contributed by atoms with Crippen molar-refractivity contribution in [2.24, 2.45) is 0 Å². The Morgan fingerprint density at radius 1 is 1.40 bits per heavy atom. The maximum Gasteiger partial charge on any atom is 0.0701 e. The first-order valence-electron chi connectivity index (χ1n) is 6.33. The summed E-state index contributed by atoms with van der Waals surface area (Å²) in [5, 5.41) is 3.35. The largest absolute Gasteiger partial charge is 0.377 e. The van der Waals surface area contributed by atoms with E-state index in [0.717, 1.165) is 26.2 Å². The van der Waals surface area contributed by atoms with Crippen molar-refractivity contribution in [1.29, 1.82) is 0 Å². The van der Waals surface area contributed by atoms with E-state index < -0.39 is 0 Å². The summed E-state index contributed by atoms with van der Waals surface area (Å²) in [5.74, 6) is 0. The predicted octanol–water partition coefficient (Wildman–Crippen LogP) is 1.49. The Morgan fingerprint density at radius 2 is 2.27 bits per heavy atom. The summed E-state index contributed by atoms with van der Waals surface area (Å²) in [5.41, 5.74) is 0. The van der Waals surface area contributed by atoms with Crippen LogP contribution in [0, 0.1) is 0 Å². The fourth-order valence-corrected chi connectivity index (χ4v) is 2.04. The molecule has 0 amide bonds. The molecule has 90 valence electrons. The van der Waals surface area contributed by atoms with Gasteiger partial charge in [0.15, 0.2) is 0 Å². The van der Waals surface area contributed by atoms with Gasteiger partial charge in [0, 0.05) is 13.2 Å². The van der Waals surface area contributed by atoms with Gasteiger partial charge in [-0.3, -0.25) is 0 Å². The minimum absolute atomic E-state index is 0.489. The number of ether oxygens (including phenoxy) is 1. The molecule has 3 nitrogen and oxygen atoms in total. The van der Waals surface area contributed by atoms with Crippen LogP contribution in [0.5, 0.6) is 0 Å². The molecule has 3 heteroatoms.